The number of nitrogens with one attached hydrogen (secondary N) is 1. The maximum Gasteiger partial charge on any atom is 0.253 e. The lowest BCUT2D eigenvalue weighted by Crippen LogP contribution is -2.23. The summed E-state index contributed by atoms with van der Waals surface area (Å²) in [6, 6.07) is 5.70. The second-order valence-electron chi connectivity index (χ2n) is 5.13. The van der Waals surface area contributed by atoms with Crippen molar-refractivity contribution in [1.29, 1.82) is 0 Å². The van der Waals surface area contributed by atoms with Crippen LogP contribution in [0.25, 0.3) is 11.0 Å². The quantitative estimate of drug-likeness (QED) is 0.792. The number of amides is 1. The number of carbonyl (C=O) groups is 1. The van der Waals surface area contributed by atoms with Gasteiger partial charge in [0.25, 0.3) is 5.91 Å². The first kappa shape index (κ1) is 15.0. The minimum absolute atomic E-state index is 0.172. The lowest BCUT2D eigenvalue weighted by molar-refractivity contribution is 0.0952. The Kier molecular flexibility index (Phi) is 4.13. The Bertz CT molecular complexity index is 810. The molecule has 0 saturated carbocycles. The maximum absolute atomic E-state index is 12.4. The molecule has 0 atom stereocenters. The molecule has 5 nitrogen and oxygen atoms in total. The molecule has 114 valence electrons. The number of nitrogens with zero attached hydrogens (tertiary/aromatic N) is 3. The fourth-order valence-corrected chi connectivity index (χ4v) is 3.28. The van der Waals surface area contributed by atoms with Gasteiger partial charge in [-0.2, -0.15) is 0 Å². The highest BCUT2D eigenvalue weighted by molar-refractivity contribution is 7.09. The van der Waals surface area contributed by atoms with Gasteiger partial charge < -0.3 is 9.88 Å². The average molecular weight is 335 g/mol. The zero-order valence-corrected chi connectivity index (χ0v) is 13.8. The molecule has 0 spiro atoms. The maximum atomic E-state index is 12.4. The summed E-state index contributed by atoms with van der Waals surface area (Å²) >= 11 is 7.72. The molecule has 3 aromatic rings. The summed E-state index contributed by atoms with van der Waals surface area (Å²) in [6.07, 6.45) is 1.72. The molecule has 0 bridgehead atoms. The van der Waals surface area contributed by atoms with E-state index in [9.17, 15) is 4.79 Å². The van der Waals surface area contributed by atoms with Crippen LogP contribution in [0.4, 0.5) is 0 Å². The van der Waals surface area contributed by atoms with E-state index in [-0.39, 0.29) is 11.9 Å². The van der Waals surface area contributed by atoms with Crippen LogP contribution in [0.3, 0.4) is 0 Å². The first-order valence-corrected chi connectivity index (χ1v) is 8.16. The number of hydrogen-bond acceptors (Lipinski definition) is 4. The first-order valence-electron chi connectivity index (χ1n) is 6.91. The summed E-state index contributed by atoms with van der Waals surface area (Å²) in [4.78, 5) is 20.9. The topological polar surface area (TPSA) is 59.8 Å². The zero-order chi connectivity index (χ0) is 15.7. The number of thiazole rings is 1. The summed E-state index contributed by atoms with van der Waals surface area (Å²) < 4.78 is 1.91. The van der Waals surface area contributed by atoms with Gasteiger partial charge in [0.15, 0.2) is 0 Å². The Morgan fingerprint density at radius 2 is 2.27 bits per heavy atom. The fourth-order valence-electron chi connectivity index (χ4n) is 2.35. The van der Waals surface area contributed by atoms with E-state index in [1.54, 1.807) is 12.3 Å². The van der Waals surface area contributed by atoms with Crippen LogP contribution >= 0.6 is 22.9 Å². The largest absolute Gasteiger partial charge is 0.345 e. The molecular formula is C15H15ClN4OS. The van der Waals surface area contributed by atoms with Crippen molar-refractivity contribution in [2.75, 3.05) is 0 Å². The Morgan fingerprint density at radius 3 is 2.95 bits per heavy atom. The Morgan fingerprint density at radius 1 is 1.45 bits per heavy atom. The van der Waals surface area contributed by atoms with E-state index >= 15 is 0 Å². The van der Waals surface area contributed by atoms with Gasteiger partial charge in [0.1, 0.15) is 10.5 Å². The average Bonchev–Trinajstić information content (AvgIpc) is 3.10. The predicted molar refractivity (Wildman–Crippen MR) is 88.4 cm³/mol. The van der Waals surface area contributed by atoms with Gasteiger partial charge in [0.2, 0.25) is 5.28 Å². The fraction of sp³-hybridized carbons (Fsp3) is 0.267. The molecule has 22 heavy (non-hydrogen) atoms. The Hall–Kier alpha value is -1.92. The van der Waals surface area contributed by atoms with Gasteiger partial charge in [-0.3, -0.25) is 4.79 Å². The van der Waals surface area contributed by atoms with E-state index in [2.05, 4.69) is 15.3 Å². The van der Waals surface area contributed by atoms with Gasteiger partial charge in [0, 0.05) is 17.6 Å². The second kappa shape index (κ2) is 6.06. The van der Waals surface area contributed by atoms with E-state index in [1.807, 2.05) is 35.9 Å². The number of rotatable bonds is 4. The molecule has 2 heterocycles. The second-order valence-corrected chi connectivity index (χ2v) is 6.44. The third-order valence-electron chi connectivity index (χ3n) is 3.32. The van der Waals surface area contributed by atoms with Crippen molar-refractivity contribution in [3.05, 3.63) is 45.6 Å². The van der Waals surface area contributed by atoms with Crippen LogP contribution in [0.1, 0.15) is 35.3 Å². The van der Waals surface area contributed by atoms with Crippen LogP contribution in [0.15, 0.2) is 29.8 Å². The van der Waals surface area contributed by atoms with Crippen molar-refractivity contribution in [2.24, 2.45) is 0 Å². The van der Waals surface area contributed by atoms with E-state index in [1.165, 1.54) is 11.3 Å². The van der Waals surface area contributed by atoms with Crippen molar-refractivity contribution in [1.82, 2.24) is 19.9 Å². The minimum Gasteiger partial charge on any atom is -0.345 e. The molecule has 7 heteroatoms. The Balaban J connectivity index is 1.93. The molecule has 0 saturated heterocycles. The molecule has 1 amide bonds. The van der Waals surface area contributed by atoms with Crippen LogP contribution in [0.5, 0.6) is 0 Å². The number of para-hydroxylation sites is 1. The van der Waals surface area contributed by atoms with Crippen LogP contribution in [0, 0.1) is 0 Å². The summed E-state index contributed by atoms with van der Waals surface area (Å²) in [5, 5.41) is 6.01. The first-order chi connectivity index (χ1) is 10.6. The van der Waals surface area contributed by atoms with Crippen molar-refractivity contribution >= 4 is 39.9 Å². The number of halogens is 1. The molecule has 0 aliphatic heterocycles. The van der Waals surface area contributed by atoms with E-state index in [0.717, 1.165) is 10.5 Å². The predicted octanol–water partition coefficient (Wildman–Crippen LogP) is 3.66. The third kappa shape index (κ3) is 2.71. The normalized spacial score (nSPS) is 11.3. The molecule has 2 aromatic heterocycles. The minimum atomic E-state index is -0.175. The summed E-state index contributed by atoms with van der Waals surface area (Å²) in [7, 11) is 0. The number of aromatic nitrogens is 3. The number of carbonyl (C=O) groups excluding carboxylic acids is 1. The van der Waals surface area contributed by atoms with E-state index in [4.69, 9.17) is 11.6 Å². The van der Waals surface area contributed by atoms with Gasteiger partial charge in [-0.1, -0.05) is 6.07 Å². The number of hydrogen-bond donors (Lipinski definition) is 1. The van der Waals surface area contributed by atoms with Crippen LogP contribution in [-0.2, 0) is 6.54 Å². The molecule has 1 aromatic carbocycles. The lowest BCUT2D eigenvalue weighted by Gasteiger charge is -2.10. The SMILES string of the molecule is CC(C)n1c(Cl)nc2c(C(=O)NCc3nccs3)cccc21. The van der Waals surface area contributed by atoms with E-state index < -0.39 is 0 Å². The molecule has 0 fully saturated rings. The van der Waals surface area contributed by atoms with Gasteiger partial charge in [-0.25, -0.2) is 9.97 Å². The van der Waals surface area contributed by atoms with Crippen molar-refractivity contribution in [2.45, 2.75) is 26.4 Å². The summed E-state index contributed by atoms with van der Waals surface area (Å²) in [5.74, 6) is -0.175. The smallest absolute Gasteiger partial charge is 0.253 e. The monoisotopic (exact) mass is 334 g/mol. The third-order valence-corrected chi connectivity index (χ3v) is 4.37. The molecule has 0 aliphatic rings. The highest BCUT2D eigenvalue weighted by atomic mass is 35.5. The summed E-state index contributed by atoms with van der Waals surface area (Å²) in [6.45, 7) is 4.47. The lowest BCUT2D eigenvalue weighted by atomic mass is 10.1. The molecule has 0 radical (unpaired) electrons. The number of imidazole rings is 1. The van der Waals surface area contributed by atoms with Crippen LogP contribution < -0.4 is 5.32 Å². The highest BCUT2D eigenvalue weighted by Crippen LogP contribution is 2.26. The molecule has 1 N–H and O–H groups in total. The van der Waals surface area contributed by atoms with Crippen molar-refractivity contribution in [3.8, 4) is 0 Å². The van der Waals surface area contributed by atoms with Crippen LogP contribution in [-0.4, -0.2) is 20.4 Å². The molecule has 3 rings (SSSR count). The van der Waals surface area contributed by atoms with Crippen LogP contribution in [0.2, 0.25) is 5.28 Å². The van der Waals surface area contributed by atoms with E-state index in [0.29, 0.717) is 22.9 Å². The van der Waals surface area contributed by atoms with Crippen molar-refractivity contribution in [3.63, 3.8) is 0 Å². The number of fused-ring (bicyclic) bond motifs is 1. The van der Waals surface area contributed by atoms with Crippen molar-refractivity contribution < 1.29 is 4.79 Å². The number of benzene rings is 1. The zero-order valence-electron chi connectivity index (χ0n) is 12.2. The molecule has 0 unspecified atom stereocenters. The standard InChI is InChI=1S/C15H15ClN4OS/c1-9(2)20-11-5-3-4-10(13(11)19-15(20)16)14(21)18-8-12-17-6-7-22-12/h3-7,9H,8H2,1-2H3,(H,18,21). The highest BCUT2D eigenvalue weighted by Gasteiger charge is 2.17. The molecule has 0 aliphatic carbocycles. The van der Waals surface area contributed by atoms with Gasteiger partial charge >= 0.3 is 0 Å². The van der Waals surface area contributed by atoms with Gasteiger partial charge in [0.05, 0.1) is 17.6 Å². The Labute approximate surface area is 137 Å². The summed E-state index contributed by atoms with van der Waals surface area (Å²) in [5.41, 5.74) is 2.01. The van der Waals surface area contributed by atoms with Gasteiger partial charge in [-0.15, -0.1) is 11.3 Å². The van der Waals surface area contributed by atoms with Gasteiger partial charge in [-0.05, 0) is 37.6 Å². The molecular weight excluding hydrogens is 320 g/mol.